The van der Waals surface area contributed by atoms with Crippen LogP contribution < -0.4 is 16.0 Å². The zero-order valence-electron chi connectivity index (χ0n) is 18.0. The van der Waals surface area contributed by atoms with Crippen molar-refractivity contribution >= 4 is 36.0 Å². The Hall–Kier alpha value is -0.810. The van der Waals surface area contributed by atoms with Crippen LogP contribution in [0.2, 0.25) is 0 Å². The Morgan fingerprint density at radius 1 is 1.32 bits per heavy atom. The molecule has 0 aromatic rings. The van der Waals surface area contributed by atoms with Gasteiger partial charge in [0.15, 0.2) is 5.96 Å². The molecule has 0 bridgehead atoms. The predicted octanol–water partition coefficient (Wildman–Crippen LogP) is 2.66. The zero-order chi connectivity index (χ0) is 20.1. The van der Waals surface area contributed by atoms with Crippen molar-refractivity contribution in [2.24, 2.45) is 4.99 Å². The van der Waals surface area contributed by atoms with E-state index in [2.05, 4.69) is 27.9 Å². The lowest BCUT2D eigenvalue weighted by molar-refractivity contribution is 0.0419. The van der Waals surface area contributed by atoms with E-state index in [0.717, 1.165) is 38.8 Å². The van der Waals surface area contributed by atoms with Crippen molar-refractivity contribution in [2.75, 3.05) is 40.0 Å². The lowest BCUT2D eigenvalue weighted by atomic mass is 10.1. The molecule has 1 rings (SSSR count). The van der Waals surface area contributed by atoms with Crippen LogP contribution in [-0.4, -0.2) is 69.8 Å². The maximum absolute atomic E-state index is 12.0. The van der Waals surface area contributed by atoms with Crippen molar-refractivity contribution in [1.29, 1.82) is 0 Å². The van der Waals surface area contributed by atoms with E-state index in [1.807, 2.05) is 20.8 Å². The highest BCUT2D eigenvalue weighted by Gasteiger charge is 2.19. The molecular formula is C19H39IN4O4. The standard InChI is InChI=1S/C19H38N4O4.HI/c1-6-8-15(23-18(24)27-19(2,3)4)13-22-17(20-5)21-10-7-11-26-16-9-12-25-14-16;/h15-16H,6-14H2,1-5H3,(H,23,24)(H2,20,21,22);1H. The number of halogens is 1. The Balaban J connectivity index is 0.00000729. The third kappa shape index (κ3) is 13.4. The van der Waals surface area contributed by atoms with Gasteiger partial charge in [-0.05, 0) is 40.0 Å². The number of rotatable bonds is 10. The molecule has 0 spiro atoms. The van der Waals surface area contributed by atoms with Gasteiger partial charge in [-0.3, -0.25) is 4.99 Å². The molecule has 1 amide bonds. The van der Waals surface area contributed by atoms with Crippen molar-refractivity contribution in [3.63, 3.8) is 0 Å². The molecule has 1 aliphatic heterocycles. The fourth-order valence-corrected chi connectivity index (χ4v) is 2.66. The Morgan fingerprint density at radius 2 is 2.07 bits per heavy atom. The average molecular weight is 514 g/mol. The van der Waals surface area contributed by atoms with Gasteiger partial charge in [-0.2, -0.15) is 0 Å². The van der Waals surface area contributed by atoms with Gasteiger partial charge in [0.05, 0.1) is 12.7 Å². The van der Waals surface area contributed by atoms with Crippen LogP contribution >= 0.6 is 24.0 Å². The smallest absolute Gasteiger partial charge is 0.407 e. The van der Waals surface area contributed by atoms with Crippen molar-refractivity contribution in [2.45, 2.75) is 71.1 Å². The second-order valence-corrected chi connectivity index (χ2v) is 7.72. The van der Waals surface area contributed by atoms with Crippen LogP contribution in [0.3, 0.4) is 0 Å². The molecular weight excluding hydrogens is 475 g/mol. The molecule has 9 heteroatoms. The molecule has 8 nitrogen and oxygen atoms in total. The molecule has 0 aromatic carbocycles. The largest absolute Gasteiger partial charge is 0.444 e. The van der Waals surface area contributed by atoms with Gasteiger partial charge in [0, 0.05) is 39.4 Å². The van der Waals surface area contributed by atoms with E-state index in [4.69, 9.17) is 14.2 Å². The third-order valence-electron chi connectivity index (χ3n) is 3.95. The highest BCUT2D eigenvalue weighted by Crippen LogP contribution is 2.08. The fourth-order valence-electron chi connectivity index (χ4n) is 2.66. The van der Waals surface area contributed by atoms with Crippen molar-refractivity contribution < 1.29 is 19.0 Å². The minimum atomic E-state index is -0.501. The number of hydrogen-bond donors (Lipinski definition) is 3. The van der Waals surface area contributed by atoms with E-state index in [-0.39, 0.29) is 36.1 Å². The molecule has 0 aliphatic carbocycles. The summed E-state index contributed by atoms with van der Waals surface area (Å²) < 4.78 is 16.4. The van der Waals surface area contributed by atoms with Gasteiger partial charge < -0.3 is 30.2 Å². The van der Waals surface area contributed by atoms with Gasteiger partial charge >= 0.3 is 6.09 Å². The summed E-state index contributed by atoms with van der Waals surface area (Å²) in [6.45, 7) is 11.2. The predicted molar refractivity (Wildman–Crippen MR) is 123 cm³/mol. The summed E-state index contributed by atoms with van der Waals surface area (Å²) in [5.74, 6) is 0.714. The first-order valence-electron chi connectivity index (χ1n) is 9.97. The maximum atomic E-state index is 12.0. The van der Waals surface area contributed by atoms with Crippen LogP contribution in [-0.2, 0) is 14.2 Å². The first-order valence-corrected chi connectivity index (χ1v) is 9.97. The monoisotopic (exact) mass is 514 g/mol. The molecule has 1 saturated heterocycles. The second-order valence-electron chi connectivity index (χ2n) is 7.72. The van der Waals surface area contributed by atoms with E-state index in [0.29, 0.717) is 25.7 Å². The number of alkyl carbamates (subject to hydrolysis) is 1. The number of nitrogens with zero attached hydrogens (tertiary/aromatic N) is 1. The number of hydrogen-bond acceptors (Lipinski definition) is 5. The molecule has 2 atom stereocenters. The molecule has 0 radical (unpaired) electrons. The molecule has 1 fully saturated rings. The first kappa shape index (κ1) is 27.2. The second kappa shape index (κ2) is 15.1. The quantitative estimate of drug-likeness (QED) is 0.180. The number of amides is 1. The topological polar surface area (TPSA) is 93.2 Å². The summed E-state index contributed by atoms with van der Waals surface area (Å²) in [4.78, 5) is 16.2. The van der Waals surface area contributed by atoms with Crippen LogP contribution in [0.1, 0.15) is 53.4 Å². The van der Waals surface area contributed by atoms with Gasteiger partial charge in [-0.15, -0.1) is 24.0 Å². The number of nitrogens with one attached hydrogen (secondary N) is 3. The van der Waals surface area contributed by atoms with E-state index < -0.39 is 11.7 Å². The number of aliphatic imine (C=N–C) groups is 1. The molecule has 2 unspecified atom stereocenters. The van der Waals surface area contributed by atoms with E-state index in [9.17, 15) is 4.79 Å². The molecule has 3 N–H and O–H groups in total. The average Bonchev–Trinajstić information content (AvgIpc) is 3.09. The Bertz CT molecular complexity index is 452. The number of ether oxygens (including phenoxy) is 3. The van der Waals surface area contributed by atoms with Gasteiger partial charge in [-0.25, -0.2) is 4.79 Å². The van der Waals surface area contributed by atoms with E-state index >= 15 is 0 Å². The highest BCUT2D eigenvalue weighted by atomic mass is 127. The Morgan fingerprint density at radius 3 is 2.64 bits per heavy atom. The van der Waals surface area contributed by atoms with Gasteiger partial charge in [0.2, 0.25) is 0 Å². The number of guanidine groups is 1. The zero-order valence-corrected chi connectivity index (χ0v) is 20.3. The Labute approximate surface area is 186 Å². The fraction of sp³-hybridized carbons (Fsp3) is 0.895. The molecule has 0 aromatic heterocycles. The maximum Gasteiger partial charge on any atom is 0.407 e. The lowest BCUT2D eigenvalue weighted by Gasteiger charge is -2.24. The van der Waals surface area contributed by atoms with E-state index in [1.54, 1.807) is 7.05 Å². The molecule has 1 heterocycles. The SMILES string of the molecule is CCCC(CNC(=NC)NCCCOC1CCOC1)NC(=O)OC(C)(C)C.I. The van der Waals surface area contributed by atoms with Crippen LogP contribution in [0.25, 0.3) is 0 Å². The lowest BCUT2D eigenvalue weighted by Crippen LogP contribution is -2.48. The molecule has 28 heavy (non-hydrogen) atoms. The summed E-state index contributed by atoms with van der Waals surface area (Å²) in [5.41, 5.74) is -0.501. The summed E-state index contributed by atoms with van der Waals surface area (Å²) in [6.07, 6.45) is 3.57. The Kier molecular flexibility index (Phi) is 14.6. The minimum absolute atomic E-state index is 0. The van der Waals surface area contributed by atoms with Crippen molar-refractivity contribution in [1.82, 2.24) is 16.0 Å². The van der Waals surface area contributed by atoms with Crippen molar-refractivity contribution in [3.8, 4) is 0 Å². The van der Waals surface area contributed by atoms with Crippen LogP contribution in [0.4, 0.5) is 4.79 Å². The van der Waals surface area contributed by atoms with E-state index in [1.165, 1.54) is 0 Å². The van der Waals surface area contributed by atoms with Gasteiger partial charge in [-0.1, -0.05) is 13.3 Å². The summed E-state index contributed by atoms with van der Waals surface area (Å²) >= 11 is 0. The molecule has 1 aliphatic rings. The third-order valence-corrected chi connectivity index (χ3v) is 3.95. The summed E-state index contributed by atoms with van der Waals surface area (Å²) in [5, 5.41) is 9.45. The molecule has 0 saturated carbocycles. The highest BCUT2D eigenvalue weighted by molar-refractivity contribution is 14.0. The van der Waals surface area contributed by atoms with Gasteiger partial charge in [0.1, 0.15) is 5.60 Å². The van der Waals surface area contributed by atoms with Crippen LogP contribution in [0.5, 0.6) is 0 Å². The first-order chi connectivity index (χ1) is 12.8. The molecule has 166 valence electrons. The van der Waals surface area contributed by atoms with Crippen LogP contribution in [0.15, 0.2) is 4.99 Å². The number of carbonyl (C=O) groups excluding carboxylic acids is 1. The van der Waals surface area contributed by atoms with Crippen molar-refractivity contribution in [3.05, 3.63) is 0 Å². The minimum Gasteiger partial charge on any atom is -0.444 e. The normalized spacial score (nSPS) is 18.2. The summed E-state index contributed by atoms with van der Waals surface area (Å²) in [7, 11) is 1.73. The van der Waals surface area contributed by atoms with Crippen LogP contribution in [0, 0.1) is 0 Å². The summed E-state index contributed by atoms with van der Waals surface area (Å²) in [6, 6.07) is -0.0194. The van der Waals surface area contributed by atoms with Gasteiger partial charge in [0.25, 0.3) is 0 Å². The number of carbonyl (C=O) groups is 1.